The molecule has 2 aromatic rings. The number of nitrogens with zero attached hydrogens (tertiary/aromatic N) is 1. The zero-order valence-electron chi connectivity index (χ0n) is 13.3. The lowest BCUT2D eigenvalue weighted by molar-refractivity contribution is 0.0601. The van der Waals surface area contributed by atoms with Gasteiger partial charge in [0.1, 0.15) is 5.04 Å². The van der Waals surface area contributed by atoms with Gasteiger partial charge < -0.3 is 9.72 Å². The highest BCUT2D eigenvalue weighted by Gasteiger charge is 2.27. The van der Waals surface area contributed by atoms with Gasteiger partial charge in [-0.25, -0.2) is 4.79 Å². The fraction of sp³-hybridized carbons (Fsp3) is 0.353. The molecule has 1 aromatic heterocycles. The topological polar surface area (TPSA) is 71.5 Å². The zero-order chi connectivity index (χ0) is 16.6. The molecule has 1 aromatic carbocycles. The monoisotopic (exact) mass is 330 g/mol. The van der Waals surface area contributed by atoms with E-state index >= 15 is 0 Å². The number of thioether (sulfide) groups is 1. The third kappa shape index (κ3) is 2.91. The van der Waals surface area contributed by atoms with Crippen molar-refractivity contribution < 1.29 is 14.3 Å². The first-order chi connectivity index (χ1) is 11.0. The number of carbonyl (C=O) groups excluding carboxylic acids is 2. The molecular weight excluding hydrogens is 312 g/mol. The molecule has 0 bridgehead atoms. The molecule has 0 saturated heterocycles. The Kier molecular flexibility index (Phi) is 4.26. The van der Waals surface area contributed by atoms with Gasteiger partial charge in [-0.05, 0) is 18.1 Å². The van der Waals surface area contributed by atoms with E-state index in [1.165, 1.54) is 18.9 Å². The highest BCUT2D eigenvalue weighted by molar-refractivity contribution is 8.16. The van der Waals surface area contributed by atoms with Crippen LogP contribution in [-0.2, 0) is 4.74 Å². The summed E-state index contributed by atoms with van der Waals surface area (Å²) in [4.78, 5) is 31.9. The lowest BCUT2D eigenvalue weighted by Gasteiger charge is -2.07. The van der Waals surface area contributed by atoms with Crippen LogP contribution in [0.4, 0.5) is 0 Å². The Morgan fingerprint density at radius 3 is 2.83 bits per heavy atom. The number of nitrogens with one attached hydrogen (secondary N) is 1. The molecule has 0 aliphatic carbocycles. The summed E-state index contributed by atoms with van der Waals surface area (Å²) in [6.45, 7) is 4.23. The number of aromatic nitrogens is 1. The molecule has 0 saturated carbocycles. The summed E-state index contributed by atoms with van der Waals surface area (Å²) in [6.07, 6.45) is 1.68. The van der Waals surface area contributed by atoms with Crippen LogP contribution in [0.1, 0.15) is 34.6 Å². The maximum Gasteiger partial charge on any atom is 0.337 e. The summed E-state index contributed by atoms with van der Waals surface area (Å²) in [5, 5.41) is 1.36. The Morgan fingerprint density at radius 1 is 1.39 bits per heavy atom. The molecule has 2 heterocycles. The Hall–Kier alpha value is -2.08. The number of hydrogen-bond donors (Lipinski definition) is 1. The molecule has 5 nitrogen and oxygen atoms in total. The minimum atomic E-state index is -0.398. The van der Waals surface area contributed by atoms with Crippen molar-refractivity contribution in [3.63, 3.8) is 0 Å². The molecule has 120 valence electrons. The predicted molar refractivity (Wildman–Crippen MR) is 92.5 cm³/mol. The number of fused-ring (bicyclic) bond motifs is 1. The van der Waals surface area contributed by atoms with Crippen LogP contribution in [0, 0.1) is 5.92 Å². The van der Waals surface area contributed by atoms with Crippen LogP contribution >= 0.6 is 11.8 Å². The molecule has 23 heavy (non-hydrogen) atoms. The smallest absolute Gasteiger partial charge is 0.337 e. The molecular formula is C17H18N2O3S. The van der Waals surface area contributed by atoms with E-state index in [0.717, 1.165) is 16.7 Å². The standard InChI is InChI=1S/C17H18N2O3S/c1-9(2)14-8-23-16(19-14)15(20)12-7-18-13-6-10(17(21)22-3)4-5-11(12)13/h4-7,9,14,18H,8H2,1-3H3. The van der Waals surface area contributed by atoms with Crippen LogP contribution in [0.15, 0.2) is 29.4 Å². The average molecular weight is 330 g/mol. The van der Waals surface area contributed by atoms with E-state index in [0.29, 0.717) is 22.1 Å². The first-order valence-corrected chi connectivity index (χ1v) is 8.44. The minimum Gasteiger partial charge on any atom is -0.465 e. The van der Waals surface area contributed by atoms with Crippen molar-refractivity contribution in [1.82, 2.24) is 4.98 Å². The van der Waals surface area contributed by atoms with Gasteiger partial charge in [0.2, 0.25) is 5.78 Å². The van der Waals surface area contributed by atoms with Crippen LogP contribution < -0.4 is 0 Å². The van der Waals surface area contributed by atoms with E-state index in [2.05, 4.69) is 23.8 Å². The van der Waals surface area contributed by atoms with Crippen LogP contribution in [0.5, 0.6) is 0 Å². The number of H-pyrrole nitrogens is 1. The minimum absolute atomic E-state index is 0.0600. The van der Waals surface area contributed by atoms with Gasteiger partial charge in [-0.2, -0.15) is 0 Å². The molecule has 0 amide bonds. The highest BCUT2D eigenvalue weighted by Crippen LogP contribution is 2.28. The second kappa shape index (κ2) is 6.20. The van der Waals surface area contributed by atoms with Gasteiger partial charge in [-0.1, -0.05) is 19.9 Å². The largest absolute Gasteiger partial charge is 0.465 e. The zero-order valence-corrected chi connectivity index (χ0v) is 14.1. The van der Waals surface area contributed by atoms with Crippen LogP contribution in [0.3, 0.4) is 0 Å². The Morgan fingerprint density at radius 2 is 2.17 bits per heavy atom. The fourth-order valence-corrected chi connectivity index (χ4v) is 3.77. The number of hydrogen-bond acceptors (Lipinski definition) is 5. The number of Topliss-reactive ketones (excluding diaryl/α,β-unsaturated/α-hetero) is 1. The third-order valence-corrected chi connectivity index (χ3v) is 5.06. The number of ether oxygens (including phenoxy) is 1. The second-order valence-electron chi connectivity index (χ2n) is 5.84. The predicted octanol–water partition coefficient (Wildman–Crippen LogP) is 3.31. The second-order valence-corrected chi connectivity index (χ2v) is 6.85. The molecule has 0 spiro atoms. The fourth-order valence-electron chi connectivity index (χ4n) is 2.53. The average Bonchev–Trinajstić information content (AvgIpc) is 3.19. The van der Waals surface area contributed by atoms with Gasteiger partial charge in [0, 0.05) is 22.9 Å². The number of rotatable bonds is 4. The van der Waals surface area contributed by atoms with E-state index in [4.69, 9.17) is 4.74 Å². The third-order valence-electron chi connectivity index (χ3n) is 3.99. The van der Waals surface area contributed by atoms with Gasteiger partial charge >= 0.3 is 5.97 Å². The maximum atomic E-state index is 12.7. The molecule has 1 aliphatic rings. The molecule has 0 fully saturated rings. The Labute approximate surface area is 138 Å². The Balaban J connectivity index is 1.93. The maximum absolute atomic E-state index is 12.7. The lowest BCUT2D eigenvalue weighted by atomic mass is 10.1. The summed E-state index contributed by atoms with van der Waals surface area (Å²) >= 11 is 1.52. The summed E-state index contributed by atoms with van der Waals surface area (Å²) in [7, 11) is 1.34. The first kappa shape index (κ1) is 15.8. The van der Waals surface area contributed by atoms with E-state index < -0.39 is 5.97 Å². The van der Waals surface area contributed by atoms with E-state index in [1.807, 2.05) is 0 Å². The van der Waals surface area contributed by atoms with Gasteiger partial charge in [0.05, 0.1) is 24.3 Å². The number of aliphatic imine (C=N–C) groups is 1. The number of esters is 1. The number of benzene rings is 1. The number of ketones is 1. The van der Waals surface area contributed by atoms with E-state index in [-0.39, 0.29) is 11.8 Å². The van der Waals surface area contributed by atoms with E-state index in [1.54, 1.807) is 24.4 Å². The molecule has 1 N–H and O–H groups in total. The van der Waals surface area contributed by atoms with Gasteiger partial charge in [0.25, 0.3) is 0 Å². The van der Waals surface area contributed by atoms with Crippen molar-refractivity contribution in [3.05, 3.63) is 35.5 Å². The van der Waals surface area contributed by atoms with Crippen molar-refractivity contribution in [2.75, 3.05) is 12.9 Å². The summed E-state index contributed by atoms with van der Waals surface area (Å²) in [6, 6.07) is 5.33. The molecule has 6 heteroatoms. The molecule has 1 aliphatic heterocycles. The van der Waals surface area contributed by atoms with Crippen molar-refractivity contribution >= 4 is 39.5 Å². The molecule has 3 rings (SSSR count). The van der Waals surface area contributed by atoms with Crippen molar-refractivity contribution in [2.45, 2.75) is 19.9 Å². The van der Waals surface area contributed by atoms with Crippen LogP contribution in [-0.4, -0.2) is 40.7 Å². The van der Waals surface area contributed by atoms with Gasteiger partial charge in [-0.15, -0.1) is 11.8 Å². The number of aromatic amines is 1. The number of methoxy groups -OCH3 is 1. The molecule has 0 radical (unpaired) electrons. The molecule has 1 unspecified atom stereocenters. The number of carbonyl (C=O) groups is 2. The Bertz CT molecular complexity index is 807. The first-order valence-electron chi connectivity index (χ1n) is 7.46. The summed E-state index contributed by atoms with van der Waals surface area (Å²) in [5.74, 6) is 0.826. The lowest BCUT2D eigenvalue weighted by Crippen LogP contribution is -2.12. The SMILES string of the molecule is COC(=O)c1ccc2c(C(=O)C3=NC(C(C)C)CS3)c[nH]c2c1. The van der Waals surface area contributed by atoms with Crippen LogP contribution in [0.25, 0.3) is 10.9 Å². The van der Waals surface area contributed by atoms with Crippen molar-refractivity contribution in [1.29, 1.82) is 0 Å². The normalized spacial score (nSPS) is 17.6. The highest BCUT2D eigenvalue weighted by atomic mass is 32.2. The van der Waals surface area contributed by atoms with Gasteiger partial charge in [0.15, 0.2) is 0 Å². The van der Waals surface area contributed by atoms with Crippen molar-refractivity contribution in [2.24, 2.45) is 10.9 Å². The summed E-state index contributed by atoms with van der Waals surface area (Å²) < 4.78 is 4.71. The van der Waals surface area contributed by atoms with Crippen LogP contribution in [0.2, 0.25) is 0 Å². The molecule has 1 atom stereocenters. The van der Waals surface area contributed by atoms with E-state index in [9.17, 15) is 9.59 Å². The van der Waals surface area contributed by atoms with Crippen molar-refractivity contribution in [3.8, 4) is 0 Å². The quantitative estimate of drug-likeness (QED) is 0.689. The summed E-state index contributed by atoms with van der Waals surface area (Å²) in [5.41, 5.74) is 1.78. The van der Waals surface area contributed by atoms with Gasteiger partial charge in [-0.3, -0.25) is 9.79 Å².